The predicted molar refractivity (Wildman–Crippen MR) is 213 cm³/mol. The van der Waals surface area contributed by atoms with Gasteiger partial charge in [-0.25, -0.2) is 19.3 Å². The van der Waals surface area contributed by atoms with E-state index < -0.39 is 35.3 Å². The Morgan fingerprint density at radius 1 is 0.948 bits per heavy atom. The molecule has 16 heteroatoms. The van der Waals surface area contributed by atoms with Gasteiger partial charge in [-0.1, -0.05) is 25.1 Å². The number of imide groups is 2. The van der Waals surface area contributed by atoms with Gasteiger partial charge in [0, 0.05) is 55.6 Å². The number of benzene rings is 2. The van der Waals surface area contributed by atoms with Crippen LogP contribution in [0.2, 0.25) is 0 Å². The second kappa shape index (κ2) is 12.9. The molecule has 294 valence electrons. The topological polar surface area (TPSA) is 188 Å². The first-order valence-corrected chi connectivity index (χ1v) is 19.5. The average Bonchev–Trinajstić information content (AvgIpc) is 3.76. The van der Waals surface area contributed by atoms with Crippen LogP contribution in [0.3, 0.4) is 0 Å². The van der Waals surface area contributed by atoms with Crippen molar-refractivity contribution in [2.24, 2.45) is 5.41 Å². The molecule has 3 fully saturated rings. The SMILES string of the molecule is C=CCn1c(=O)c2cnc(Nc3ccc(N4CC5(C4)CN(c4cccc6c4C(=O)N(C4CCC(=O)NC4=O)C6=O)C5)cc3)nc2n1-c1ccc2c(n1)[C@@](O)(CC)CC2. The summed E-state index contributed by atoms with van der Waals surface area (Å²) in [6.45, 7) is 9.10. The van der Waals surface area contributed by atoms with E-state index in [0.29, 0.717) is 52.6 Å². The van der Waals surface area contributed by atoms with Crippen LogP contribution in [0.25, 0.3) is 16.9 Å². The Morgan fingerprint density at radius 2 is 1.72 bits per heavy atom. The molecular weight excluding hydrogens is 741 g/mol. The van der Waals surface area contributed by atoms with Gasteiger partial charge in [-0.05, 0) is 73.7 Å². The molecule has 2 atom stereocenters. The molecule has 0 radical (unpaired) electrons. The highest BCUT2D eigenvalue weighted by atomic mass is 16.3. The molecule has 1 spiro atoms. The number of fused-ring (bicyclic) bond motifs is 3. The fourth-order valence-corrected chi connectivity index (χ4v) is 9.34. The Labute approximate surface area is 331 Å². The Balaban J connectivity index is 0.823. The first kappa shape index (κ1) is 35.7. The molecule has 0 bridgehead atoms. The molecule has 10 rings (SSSR count). The maximum absolute atomic E-state index is 13.6. The molecule has 0 saturated carbocycles. The summed E-state index contributed by atoms with van der Waals surface area (Å²) < 4.78 is 3.19. The monoisotopic (exact) mass is 780 g/mol. The number of hydrogen-bond donors (Lipinski definition) is 3. The summed E-state index contributed by atoms with van der Waals surface area (Å²) >= 11 is 0. The lowest BCUT2D eigenvalue weighted by Gasteiger charge is -2.61. The van der Waals surface area contributed by atoms with Gasteiger partial charge in [0.05, 0.1) is 29.1 Å². The number of aromatic nitrogens is 5. The first-order chi connectivity index (χ1) is 28.0. The Hall–Kier alpha value is -6.68. The summed E-state index contributed by atoms with van der Waals surface area (Å²) in [5.74, 6) is -1.25. The molecule has 3 aromatic heterocycles. The number of carbonyl (C=O) groups is 4. The van der Waals surface area contributed by atoms with E-state index in [4.69, 9.17) is 9.97 Å². The van der Waals surface area contributed by atoms with Crippen LogP contribution in [0.4, 0.5) is 23.0 Å². The van der Waals surface area contributed by atoms with Crippen LogP contribution in [0.5, 0.6) is 0 Å². The minimum atomic E-state index is -1.02. The molecule has 3 saturated heterocycles. The van der Waals surface area contributed by atoms with Gasteiger partial charge < -0.3 is 20.2 Å². The van der Waals surface area contributed by atoms with Crippen LogP contribution in [-0.4, -0.2) is 90.2 Å². The molecule has 16 nitrogen and oxygen atoms in total. The van der Waals surface area contributed by atoms with Crippen molar-refractivity contribution in [3.05, 3.63) is 106 Å². The zero-order valence-electron chi connectivity index (χ0n) is 31.8. The number of nitrogens with zero attached hydrogens (tertiary/aromatic N) is 8. The lowest BCUT2D eigenvalue weighted by molar-refractivity contribution is -0.136. The number of aryl methyl sites for hydroxylation is 1. The summed E-state index contributed by atoms with van der Waals surface area (Å²) in [6, 6.07) is 16.0. The molecule has 2 aromatic carbocycles. The van der Waals surface area contributed by atoms with E-state index in [9.17, 15) is 29.1 Å². The van der Waals surface area contributed by atoms with E-state index in [2.05, 4.69) is 32.0 Å². The quantitative estimate of drug-likeness (QED) is 0.147. The van der Waals surface area contributed by atoms with Gasteiger partial charge in [0.2, 0.25) is 17.8 Å². The van der Waals surface area contributed by atoms with Crippen molar-refractivity contribution in [3.8, 4) is 5.82 Å². The highest BCUT2D eigenvalue weighted by Gasteiger charge is 2.54. The van der Waals surface area contributed by atoms with Crippen molar-refractivity contribution >= 4 is 57.7 Å². The standard InChI is InChI=1S/C42H40N10O6/c1-3-18-50-37(55)28-19-43-40(47-35(28)52(50)31-14-8-24-16-17-42(58,4-2)34(24)45-31)44-25-9-11-26(12-10-25)48-20-41(21-48)22-49(23-41)29-7-5-6-27-33(29)39(57)51(38(27)56)30-13-15-32(53)46-36(30)54/h3,5-12,14,19,30,58H,1,4,13,15-18,20-23H2,2H3,(H,43,44,47)(H,46,53,54)/t30?,42-/m1/s1. The molecule has 4 amide bonds. The van der Waals surface area contributed by atoms with Crippen molar-refractivity contribution in [1.29, 1.82) is 0 Å². The highest BCUT2D eigenvalue weighted by molar-refractivity contribution is 6.25. The number of carbonyl (C=O) groups excluding carboxylic acids is 4. The molecule has 1 aliphatic carbocycles. The van der Waals surface area contributed by atoms with Gasteiger partial charge in [-0.3, -0.25) is 34.2 Å². The van der Waals surface area contributed by atoms with Crippen molar-refractivity contribution < 1.29 is 24.3 Å². The van der Waals surface area contributed by atoms with Crippen LogP contribution in [0.1, 0.15) is 64.6 Å². The maximum Gasteiger partial charge on any atom is 0.278 e. The molecule has 1 unspecified atom stereocenters. The number of rotatable bonds is 9. The van der Waals surface area contributed by atoms with E-state index in [-0.39, 0.29) is 35.9 Å². The molecule has 7 heterocycles. The van der Waals surface area contributed by atoms with Crippen LogP contribution in [0, 0.1) is 5.41 Å². The minimum Gasteiger partial charge on any atom is -0.384 e. The number of allylic oxidation sites excluding steroid dienone is 1. The number of hydrogen-bond acceptors (Lipinski definition) is 12. The lowest BCUT2D eigenvalue weighted by atomic mass is 9.72. The Bertz CT molecular complexity index is 2670. The van der Waals surface area contributed by atoms with Gasteiger partial charge in [0.25, 0.3) is 17.4 Å². The van der Waals surface area contributed by atoms with Crippen molar-refractivity contribution in [3.63, 3.8) is 0 Å². The van der Waals surface area contributed by atoms with Gasteiger partial charge >= 0.3 is 0 Å². The van der Waals surface area contributed by atoms with E-state index in [1.54, 1.807) is 22.9 Å². The van der Waals surface area contributed by atoms with Gasteiger partial charge in [0.15, 0.2) is 11.5 Å². The van der Waals surface area contributed by atoms with Crippen molar-refractivity contribution in [1.82, 2.24) is 34.5 Å². The fourth-order valence-electron chi connectivity index (χ4n) is 9.34. The molecular formula is C42H40N10O6. The Morgan fingerprint density at radius 3 is 2.47 bits per heavy atom. The highest BCUT2D eigenvalue weighted by Crippen LogP contribution is 2.46. The smallest absolute Gasteiger partial charge is 0.278 e. The summed E-state index contributed by atoms with van der Waals surface area (Å²) in [7, 11) is 0. The van der Waals surface area contributed by atoms with E-state index in [1.165, 1.54) is 10.9 Å². The van der Waals surface area contributed by atoms with Crippen molar-refractivity contribution in [2.75, 3.05) is 41.3 Å². The number of piperidine rings is 1. The summed E-state index contributed by atoms with van der Waals surface area (Å²) in [5, 5.41) is 17.1. The summed E-state index contributed by atoms with van der Waals surface area (Å²) in [6.07, 6.45) is 5.22. The van der Waals surface area contributed by atoms with Crippen LogP contribution < -0.4 is 26.0 Å². The molecule has 58 heavy (non-hydrogen) atoms. The van der Waals surface area contributed by atoms with Gasteiger partial charge in [-0.2, -0.15) is 4.98 Å². The first-order valence-electron chi connectivity index (χ1n) is 19.5. The van der Waals surface area contributed by atoms with Crippen LogP contribution in [0.15, 0.2) is 78.2 Å². The number of anilines is 4. The van der Waals surface area contributed by atoms with E-state index >= 15 is 0 Å². The number of amides is 4. The predicted octanol–water partition coefficient (Wildman–Crippen LogP) is 3.18. The summed E-state index contributed by atoms with van der Waals surface area (Å²) in [4.78, 5) is 84.2. The third-order valence-corrected chi connectivity index (χ3v) is 12.4. The Kier molecular flexibility index (Phi) is 7.96. The lowest BCUT2D eigenvalue weighted by Crippen LogP contribution is -2.72. The second-order valence-electron chi connectivity index (χ2n) is 16.0. The number of nitrogens with one attached hydrogen (secondary N) is 2. The normalized spacial score (nSPS) is 21.9. The van der Waals surface area contributed by atoms with E-state index in [0.717, 1.165) is 54.4 Å². The molecule has 4 aliphatic heterocycles. The van der Waals surface area contributed by atoms with Crippen LogP contribution in [-0.2, 0) is 28.2 Å². The number of aliphatic hydroxyl groups is 1. The zero-order valence-corrected chi connectivity index (χ0v) is 31.8. The average molecular weight is 781 g/mol. The van der Waals surface area contributed by atoms with Gasteiger partial charge in [0.1, 0.15) is 17.0 Å². The minimum absolute atomic E-state index is 0.0402. The van der Waals surface area contributed by atoms with Crippen LogP contribution >= 0.6 is 0 Å². The fraction of sp³-hybridized carbons (Fsp3) is 0.333. The number of pyridine rings is 1. The second-order valence-corrected chi connectivity index (χ2v) is 16.0. The molecule has 5 aliphatic rings. The molecule has 5 aromatic rings. The third kappa shape index (κ3) is 5.38. The molecule has 3 N–H and O–H groups in total. The largest absolute Gasteiger partial charge is 0.384 e. The zero-order chi connectivity index (χ0) is 40.1. The van der Waals surface area contributed by atoms with E-state index in [1.807, 2.05) is 49.4 Å². The third-order valence-electron chi connectivity index (χ3n) is 12.4. The summed E-state index contributed by atoms with van der Waals surface area (Å²) in [5.41, 5.74) is 3.88. The van der Waals surface area contributed by atoms with Crippen molar-refractivity contribution in [2.45, 2.75) is 57.2 Å². The maximum atomic E-state index is 13.6. The van der Waals surface area contributed by atoms with Gasteiger partial charge in [-0.15, -0.1) is 6.58 Å².